The molecule has 1 aliphatic heterocycles. The molecule has 3 heterocycles. The Bertz CT molecular complexity index is 838. The van der Waals surface area contributed by atoms with Crippen LogP contribution in [0.2, 0.25) is 0 Å². The van der Waals surface area contributed by atoms with Gasteiger partial charge in [-0.15, -0.1) is 11.3 Å². The van der Waals surface area contributed by atoms with E-state index in [1.165, 1.54) is 0 Å². The van der Waals surface area contributed by atoms with Gasteiger partial charge in [-0.05, 0) is 37.0 Å². The van der Waals surface area contributed by atoms with Crippen molar-refractivity contribution in [1.29, 1.82) is 0 Å². The second-order valence-corrected chi connectivity index (χ2v) is 10.2. The highest BCUT2D eigenvalue weighted by molar-refractivity contribution is 7.91. The predicted octanol–water partition coefficient (Wildman–Crippen LogP) is 1.83. The van der Waals surface area contributed by atoms with Crippen molar-refractivity contribution in [3.8, 4) is 0 Å². The number of sulfone groups is 1. The van der Waals surface area contributed by atoms with Gasteiger partial charge in [0.2, 0.25) is 5.91 Å². The van der Waals surface area contributed by atoms with Crippen molar-refractivity contribution in [3.63, 3.8) is 0 Å². The highest BCUT2D eigenvalue weighted by atomic mass is 32.2. The first-order valence-electron chi connectivity index (χ1n) is 9.04. The van der Waals surface area contributed by atoms with Gasteiger partial charge in [0.25, 0.3) is 0 Å². The fraction of sp³-hybridized carbons (Fsp3) is 0.474. The number of rotatable bonds is 8. The molecular formula is C19H25N3O3S2. The minimum atomic E-state index is -3.04. The van der Waals surface area contributed by atoms with Gasteiger partial charge in [-0.1, -0.05) is 12.1 Å². The molecule has 146 valence electrons. The third-order valence-electron chi connectivity index (χ3n) is 4.76. The van der Waals surface area contributed by atoms with Gasteiger partial charge in [0.15, 0.2) is 9.84 Å². The molecular weight excluding hydrogens is 382 g/mol. The van der Waals surface area contributed by atoms with Crippen LogP contribution in [0.3, 0.4) is 0 Å². The number of likely N-dealkylation sites (N-methyl/N-ethyl adjacent to an activating group) is 1. The molecule has 1 aliphatic rings. The van der Waals surface area contributed by atoms with Crippen LogP contribution in [0.4, 0.5) is 0 Å². The summed E-state index contributed by atoms with van der Waals surface area (Å²) in [7, 11) is -1.13. The summed E-state index contributed by atoms with van der Waals surface area (Å²) in [4.78, 5) is 22.1. The summed E-state index contributed by atoms with van der Waals surface area (Å²) in [6.07, 6.45) is 3.06. The van der Waals surface area contributed by atoms with E-state index in [9.17, 15) is 13.2 Å². The van der Waals surface area contributed by atoms with Crippen LogP contribution in [-0.2, 0) is 27.6 Å². The molecule has 1 amide bonds. The molecule has 1 atom stereocenters. The lowest BCUT2D eigenvalue weighted by Crippen LogP contribution is -2.45. The molecule has 8 heteroatoms. The Morgan fingerprint density at radius 3 is 2.78 bits per heavy atom. The SMILES string of the molecule is CN(CCc1ccccn1)CC(=O)N(Cc1cccs1)C1CCS(=O)(=O)C1. The van der Waals surface area contributed by atoms with Crippen molar-refractivity contribution in [1.82, 2.24) is 14.8 Å². The zero-order valence-corrected chi connectivity index (χ0v) is 17.1. The molecule has 27 heavy (non-hydrogen) atoms. The van der Waals surface area contributed by atoms with Gasteiger partial charge in [-0.25, -0.2) is 8.42 Å². The Kier molecular flexibility index (Phi) is 6.62. The van der Waals surface area contributed by atoms with E-state index in [4.69, 9.17) is 0 Å². The maximum Gasteiger partial charge on any atom is 0.237 e. The second kappa shape index (κ2) is 8.95. The normalized spacial score (nSPS) is 18.7. The van der Waals surface area contributed by atoms with Gasteiger partial charge >= 0.3 is 0 Å². The van der Waals surface area contributed by atoms with Crippen molar-refractivity contribution < 1.29 is 13.2 Å². The first-order valence-corrected chi connectivity index (χ1v) is 11.7. The Morgan fingerprint density at radius 1 is 1.30 bits per heavy atom. The van der Waals surface area contributed by atoms with E-state index in [1.807, 2.05) is 47.7 Å². The van der Waals surface area contributed by atoms with Crippen molar-refractivity contribution in [2.24, 2.45) is 0 Å². The first-order chi connectivity index (χ1) is 12.9. The van der Waals surface area contributed by atoms with Crippen LogP contribution in [0.25, 0.3) is 0 Å². The van der Waals surface area contributed by atoms with Gasteiger partial charge in [0, 0.05) is 35.8 Å². The molecule has 1 saturated heterocycles. The number of amides is 1. The van der Waals surface area contributed by atoms with E-state index >= 15 is 0 Å². The summed E-state index contributed by atoms with van der Waals surface area (Å²) in [6.45, 7) is 1.47. The topological polar surface area (TPSA) is 70.6 Å². The Balaban J connectivity index is 1.61. The summed E-state index contributed by atoms with van der Waals surface area (Å²) >= 11 is 1.59. The molecule has 0 aliphatic carbocycles. The third-order valence-corrected chi connectivity index (χ3v) is 7.37. The molecule has 0 bridgehead atoms. The van der Waals surface area contributed by atoms with E-state index in [0.29, 0.717) is 13.0 Å². The third kappa shape index (κ3) is 5.85. The summed E-state index contributed by atoms with van der Waals surface area (Å²) < 4.78 is 23.8. The van der Waals surface area contributed by atoms with Crippen LogP contribution < -0.4 is 0 Å². The van der Waals surface area contributed by atoms with Gasteiger partial charge in [-0.2, -0.15) is 0 Å². The fourth-order valence-electron chi connectivity index (χ4n) is 3.26. The first kappa shape index (κ1) is 20.0. The second-order valence-electron chi connectivity index (χ2n) is 6.97. The number of carbonyl (C=O) groups excluding carboxylic acids is 1. The Labute approximate surface area is 164 Å². The van der Waals surface area contributed by atoms with Crippen molar-refractivity contribution in [2.75, 3.05) is 31.6 Å². The number of hydrogen-bond donors (Lipinski definition) is 0. The minimum absolute atomic E-state index is 0.0194. The van der Waals surface area contributed by atoms with Crippen molar-refractivity contribution >= 4 is 27.1 Å². The van der Waals surface area contributed by atoms with E-state index in [2.05, 4.69) is 4.98 Å². The number of carbonyl (C=O) groups is 1. The quantitative estimate of drug-likeness (QED) is 0.668. The summed E-state index contributed by atoms with van der Waals surface area (Å²) in [5.41, 5.74) is 0.995. The maximum atomic E-state index is 13.0. The zero-order valence-electron chi connectivity index (χ0n) is 15.5. The monoisotopic (exact) mass is 407 g/mol. The lowest BCUT2D eigenvalue weighted by atomic mass is 10.2. The summed E-state index contributed by atoms with van der Waals surface area (Å²) in [5.74, 6) is 0.220. The minimum Gasteiger partial charge on any atom is -0.332 e. The van der Waals surface area contributed by atoms with Crippen LogP contribution in [0, 0.1) is 0 Å². The predicted molar refractivity (Wildman–Crippen MR) is 107 cm³/mol. The molecule has 6 nitrogen and oxygen atoms in total. The highest BCUT2D eigenvalue weighted by Crippen LogP contribution is 2.22. The van der Waals surface area contributed by atoms with Crippen LogP contribution in [0.15, 0.2) is 41.9 Å². The van der Waals surface area contributed by atoms with Crippen LogP contribution in [-0.4, -0.2) is 66.8 Å². The molecule has 0 spiro atoms. The van der Waals surface area contributed by atoms with Crippen LogP contribution >= 0.6 is 11.3 Å². The molecule has 0 N–H and O–H groups in total. The smallest absolute Gasteiger partial charge is 0.237 e. The number of aromatic nitrogens is 1. The zero-order chi connectivity index (χ0) is 19.3. The molecule has 0 saturated carbocycles. The number of nitrogens with zero attached hydrogens (tertiary/aromatic N) is 3. The van der Waals surface area contributed by atoms with E-state index in [0.717, 1.165) is 23.5 Å². The molecule has 0 radical (unpaired) electrons. The summed E-state index contributed by atoms with van der Waals surface area (Å²) in [5, 5.41) is 1.97. The van der Waals surface area contributed by atoms with E-state index in [-0.39, 0.29) is 30.0 Å². The van der Waals surface area contributed by atoms with Gasteiger partial charge in [-0.3, -0.25) is 14.7 Å². The average Bonchev–Trinajstić information content (AvgIpc) is 3.27. The molecule has 3 rings (SSSR count). The van der Waals surface area contributed by atoms with Crippen LogP contribution in [0.5, 0.6) is 0 Å². The number of pyridine rings is 1. The molecule has 2 aromatic heterocycles. The summed E-state index contributed by atoms with van der Waals surface area (Å²) in [6, 6.07) is 9.52. The number of thiophene rings is 1. The van der Waals surface area contributed by atoms with Crippen LogP contribution in [0.1, 0.15) is 17.0 Å². The largest absolute Gasteiger partial charge is 0.332 e. The van der Waals surface area contributed by atoms with Gasteiger partial charge in [0.05, 0.1) is 24.6 Å². The highest BCUT2D eigenvalue weighted by Gasteiger charge is 2.34. The molecule has 1 fully saturated rings. The molecule has 2 aromatic rings. The van der Waals surface area contributed by atoms with Crippen molar-refractivity contribution in [2.45, 2.75) is 25.4 Å². The maximum absolute atomic E-state index is 13.0. The van der Waals surface area contributed by atoms with E-state index < -0.39 is 9.84 Å². The fourth-order valence-corrected chi connectivity index (χ4v) is 5.70. The van der Waals surface area contributed by atoms with Crippen molar-refractivity contribution in [3.05, 3.63) is 52.5 Å². The average molecular weight is 408 g/mol. The lowest BCUT2D eigenvalue weighted by molar-refractivity contribution is -0.134. The molecule has 0 aromatic carbocycles. The Hall–Kier alpha value is -1.77. The standard InChI is InChI=1S/C19H25N3O3S2/c1-21(10-7-16-5-2-3-9-20-16)14-19(23)22(13-18-6-4-11-26-18)17-8-12-27(24,25)15-17/h2-6,9,11,17H,7-8,10,12-15H2,1H3. The lowest BCUT2D eigenvalue weighted by Gasteiger charge is -2.30. The Morgan fingerprint density at radius 2 is 2.15 bits per heavy atom. The van der Waals surface area contributed by atoms with Gasteiger partial charge in [0.1, 0.15) is 0 Å². The van der Waals surface area contributed by atoms with Gasteiger partial charge < -0.3 is 4.90 Å². The molecule has 1 unspecified atom stereocenters. The van der Waals surface area contributed by atoms with E-state index in [1.54, 1.807) is 22.4 Å². The number of hydrogen-bond acceptors (Lipinski definition) is 6.